The highest BCUT2D eigenvalue weighted by atomic mass is 32.1. The number of carbonyl (C=O) groups is 4. The normalized spacial score (nSPS) is 20.8. The van der Waals surface area contributed by atoms with Crippen LogP contribution in [-0.2, 0) is 16.0 Å². The van der Waals surface area contributed by atoms with Crippen molar-refractivity contribution in [2.75, 3.05) is 6.54 Å². The molecule has 12 heteroatoms. The molecule has 2 bridgehead atoms. The number of hydrogen-bond acceptors (Lipinski definition) is 8. The monoisotopic (exact) mass is 549 g/mol. The Kier molecular flexibility index (Phi) is 9.68. The Morgan fingerprint density at radius 2 is 1.82 bits per heavy atom. The molecule has 0 spiro atoms. The lowest BCUT2D eigenvalue weighted by Gasteiger charge is -2.25. The average Bonchev–Trinajstić information content (AvgIpc) is 3.45. The summed E-state index contributed by atoms with van der Waals surface area (Å²) in [5.74, 6) is -1.59. The van der Waals surface area contributed by atoms with Crippen LogP contribution in [-0.4, -0.2) is 57.4 Å². The lowest BCUT2D eigenvalue weighted by Crippen LogP contribution is -2.54. The molecule has 204 valence electrons. The van der Waals surface area contributed by atoms with Crippen LogP contribution < -0.4 is 21.3 Å². The second-order valence-electron chi connectivity index (χ2n) is 9.20. The molecule has 0 radical (unpaired) electrons. The molecule has 3 atom stereocenters. The van der Waals surface area contributed by atoms with Gasteiger partial charge in [0.25, 0.3) is 11.8 Å². The van der Waals surface area contributed by atoms with E-state index >= 15 is 0 Å². The van der Waals surface area contributed by atoms with Gasteiger partial charge in [-0.2, -0.15) is 10.2 Å². The number of benzene rings is 1. The molecule has 4 amide bonds. The highest BCUT2D eigenvalue weighted by Crippen LogP contribution is 2.23. The van der Waals surface area contributed by atoms with Gasteiger partial charge in [0, 0.05) is 11.9 Å². The lowest BCUT2D eigenvalue weighted by atomic mass is 10.0. The zero-order chi connectivity index (χ0) is 27.6. The molecule has 0 saturated heterocycles. The van der Waals surface area contributed by atoms with Crippen molar-refractivity contribution < 1.29 is 19.2 Å². The first-order valence-electron chi connectivity index (χ1n) is 12.9. The van der Waals surface area contributed by atoms with E-state index in [9.17, 15) is 19.2 Å². The second kappa shape index (κ2) is 13.6. The molecule has 0 aliphatic carbocycles. The third-order valence-electron chi connectivity index (χ3n) is 6.37. The molecular formula is C27H31N7O4S. The van der Waals surface area contributed by atoms with Gasteiger partial charge in [0.05, 0.1) is 24.0 Å². The minimum Gasteiger partial charge on any atom is -0.351 e. The van der Waals surface area contributed by atoms with Crippen LogP contribution in [0.2, 0.25) is 0 Å². The Morgan fingerprint density at radius 3 is 2.56 bits per heavy atom. The molecule has 1 aliphatic heterocycles. The zero-order valence-electron chi connectivity index (χ0n) is 21.6. The van der Waals surface area contributed by atoms with Crippen LogP contribution in [0.4, 0.5) is 0 Å². The second-order valence-corrected chi connectivity index (χ2v) is 10.1. The van der Waals surface area contributed by atoms with E-state index in [0.29, 0.717) is 49.4 Å². The number of thiazole rings is 1. The number of carbonyl (C=O) groups excluding carboxylic acids is 4. The van der Waals surface area contributed by atoms with E-state index in [0.717, 1.165) is 5.56 Å². The summed E-state index contributed by atoms with van der Waals surface area (Å²) in [6, 6.07) is 8.95. The van der Waals surface area contributed by atoms with Gasteiger partial charge in [-0.05, 0) is 43.7 Å². The third kappa shape index (κ3) is 7.66. The largest absolute Gasteiger partial charge is 0.351 e. The van der Waals surface area contributed by atoms with Gasteiger partial charge in [-0.3, -0.25) is 19.2 Å². The van der Waals surface area contributed by atoms with Crippen molar-refractivity contribution in [1.29, 1.82) is 0 Å². The highest BCUT2D eigenvalue weighted by molar-refractivity contribution is 7.09. The summed E-state index contributed by atoms with van der Waals surface area (Å²) in [6.45, 7) is 2.20. The number of amides is 4. The van der Waals surface area contributed by atoms with E-state index in [1.165, 1.54) is 29.8 Å². The van der Waals surface area contributed by atoms with Crippen LogP contribution in [0.3, 0.4) is 0 Å². The molecule has 4 rings (SSSR count). The summed E-state index contributed by atoms with van der Waals surface area (Å²) < 4.78 is 0. The summed E-state index contributed by atoms with van der Waals surface area (Å²) in [7, 11) is 0. The Hall–Kier alpha value is -4.19. The Balaban J connectivity index is 1.57. The minimum atomic E-state index is -0.880. The zero-order valence-corrected chi connectivity index (χ0v) is 22.4. The smallest absolute Gasteiger partial charge is 0.270 e. The molecule has 4 N–H and O–H groups in total. The van der Waals surface area contributed by atoms with Crippen molar-refractivity contribution in [2.24, 2.45) is 0 Å². The summed E-state index contributed by atoms with van der Waals surface area (Å²) >= 11 is 1.31. The predicted octanol–water partition coefficient (Wildman–Crippen LogP) is 1.94. The van der Waals surface area contributed by atoms with Crippen molar-refractivity contribution in [3.8, 4) is 0 Å². The SMILES string of the molecule is CC[C@H]1NC(=O)[C@@H](NC(=O)c2ccnnc2)CCCCNC(=O)c2csc(n2)[C@H](Cc2ccccc2)NC1=O. The van der Waals surface area contributed by atoms with E-state index in [1.54, 1.807) is 12.3 Å². The van der Waals surface area contributed by atoms with Gasteiger partial charge >= 0.3 is 0 Å². The summed E-state index contributed by atoms with van der Waals surface area (Å²) in [5.41, 5.74) is 1.56. The maximum absolute atomic E-state index is 13.4. The van der Waals surface area contributed by atoms with Crippen LogP contribution in [0, 0.1) is 0 Å². The van der Waals surface area contributed by atoms with Gasteiger partial charge in [-0.1, -0.05) is 37.3 Å². The molecule has 39 heavy (non-hydrogen) atoms. The molecule has 0 fully saturated rings. The van der Waals surface area contributed by atoms with Crippen LogP contribution in [0.25, 0.3) is 0 Å². The Morgan fingerprint density at radius 1 is 1.03 bits per heavy atom. The molecule has 11 nitrogen and oxygen atoms in total. The van der Waals surface area contributed by atoms with E-state index in [2.05, 4.69) is 36.4 Å². The highest BCUT2D eigenvalue weighted by Gasteiger charge is 2.29. The standard InChI is InChI=1S/C27H31N7O4S/c1-2-19-25(37)33-21(14-17-8-4-3-5-9-17)27-34-22(16-39-27)24(36)28-12-7-6-10-20(26(38)31-19)32-23(35)18-11-13-29-30-15-18/h3-5,8-9,11,13,15-16,19-21H,2,6-7,10,12,14H2,1H3,(H,28,36)(H,31,38)(H,32,35)(H,33,37)/t19-,20+,21+/m1/s1. The van der Waals surface area contributed by atoms with Crippen molar-refractivity contribution in [1.82, 2.24) is 36.4 Å². The molecule has 1 aromatic carbocycles. The Labute approximate surface area is 230 Å². The Bertz CT molecular complexity index is 1290. The van der Waals surface area contributed by atoms with Crippen molar-refractivity contribution in [2.45, 2.75) is 57.2 Å². The van der Waals surface area contributed by atoms with Gasteiger partial charge < -0.3 is 21.3 Å². The first kappa shape index (κ1) is 27.8. The number of hydrogen-bond donors (Lipinski definition) is 4. The van der Waals surface area contributed by atoms with Crippen molar-refractivity contribution >= 4 is 35.0 Å². The van der Waals surface area contributed by atoms with E-state index in [4.69, 9.17) is 0 Å². The minimum absolute atomic E-state index is 0.271. The fourth-order valence-corrected chi connectivity index (χ4v) is 5.05. The molecule has 0 saturated carbocycles. The molecular weight excluding hydrogens is 518 g/mol. The fourth-order valence-electron chi connectivity index (χ4n) is 4.20. The molecule has 3 heterocycles. The predicted molar refractivity (Wildman–Crippen MR) is 145 cm³/mol. The molecule has 2 aromatic heterocycles. The number of rotatable bonds is 5. The van der Waals surface area contributed by atoms with Crippen LogP contribution in [0.1, 0.15) is 70.1 Å². The first-order valence-corrected chi connectivity index (χ1v) is 13.8. The van der Waals surface area contributed by atoms with E-state index in [1.807, 2.05) is 30.3 Å². The van der Waals surface area contributed by atoms with Gasteiger partial charge in [-0.25, -0.2) is 4.98 Å². The summed E-state index contributed by atoms with van der Waals surface area (Å²) in [4.78, 5) is 56.7. The first-order chi connectivity index (χ1) is 18.9. The number of nitrogens with zero attached hydrogens (tertiary/aromatic N) is 3. The summed E-state index contributed by atoms with van der Waals surface area (Å²) in [6.07, 6.45) is 4.98. The van der Waals surface area contributed by atoms with Gasteiger partial charge in [0.1, 0.15) is 22.8 Å². The van der Waals surface area contributed by atoms with Crippen molar-refractivity contribution in [3.63, 3.8) is 0 Å². The van der Waals surface area contributed by atoms with Crippen LogP contribution >= 0.6 is 11.3 Å². The number of nitrogens with one attached hydrogen (secondary N) is 4. The van der Waals surface area contributed by atoms with Crippen LogP contribution in [0.5, 0.6) is 0 Å². The maximum atomic E-state index is 13.4. The quantitative estimate of drug-likeness (QED) is 0.379. The fraction of sp³-hybridized carbons (Fsp3) is 0.370. The van der Waals surface area contributed by atoms with E-state index in [-0.39, 0.29) is 17.4 Å². The summed E-state index contributed by atoms with van der Waals surface area (Å²) in [5, 5.41) is 21.1. The topological polar surface area (TPSA) is 155 Å². The van der Waals surface area contributed by atoms with E-state index < -0.39 is 29.9 Å². The lowest BCUT2D eigenvalue weighted by molar-refractivity contribution is -0.130. The molecule has 1 aliphatic rings. The number of aromatic nitrogens is 3. The average molecular weight is 550 g/mol. The van der Waals surface area contributed by atoms with Gasteiger partial charge in [-0.15, -0.1) is 11.3 Å². The van der Waals surface area contributed by atoms with Gasteiger partial charge in [0.15, 0.2) is 0 Å². The third-order valence-corrected chi connectivity index (χ3v) is 7.32. The molecule has 3 aromatic rings. The maximum Gasteiger partial charge on any atom is 0.270 e. The molecule has 0 unspecified atom stereocenters. The van der Waals surface area contributed by atoms with Crippen LogP contribution in [0.15, 0.2) is 54.2 Å². The number of fused-ring (bicyclic) bond motifs is 2. The van der Waals surface area contributed by atoms with Crippen molar-refractivity contribution in [3.05, 3.63) is 76.0 Å². The van der Waals surface area contributed by atoms with Gasteiger partial charge in [0.2, 0.25) is 11.8 Å².